The van der Waals surface area contributed by atoms with E-state index in [9.17, 15) is 9.59 Å². The summed E-state index contributed by atoms with van der Waals surface area (Å²) >= 11 is 1.41. The Kier molecular flexibility index (Phi) is 4.38. The van der Waals surface area contributed by atoms with Gasteiger partial charge in [-0.2, -0.15) is 0 Å². The van der Waals surface area contributed by atoms with E-state index in [0.717, 1.165) is 18.5 Å². The molecule has 1 amide bonds. The third-order valence-electron chi connectivity index (χ3n) is 3.52. The zero-order valence-corrected chi connectivity index (χ0v) is 13.2. The number of aromatic nitrogens is 2. The number of carbonyl (C=O) groups is 1. The molecule has 4 N–H and O–H groups in total. The molecule has 0 aliphatic carbocycles. The molecule has 0 unspecified atom stereocenters. The van der Waals surface area contributed by atoms with E-state index < -0.39 is 0 Å². The molecule has 0 saturated carbocycles. The average molecular weight is 328 g/mol. The number of hydrogen-bond acceptors (Lipinski definition) is 5. The molecule has 0 aliphatic heterocycles. The highest BCUT2D eigenvalue weighted by molar-refractivity contribution is 7.13. The van der Waals surface area contributed by atoms with Crippen LogP contribution in [0.3, 0.4) is 0 Å². The van der Waals surface area contributed by atoms with E-state index in [-0.39, 0.29) is 11.5 Å². The third-order valence-corrected chi connectivity index (χ3v) is 4.24. The van der Waals surface area contributed by atoms with Gasteiger partial charge >= 0.3 is 0 Å². The lowest BCUT2D eigenvalue weighted by atomic mass is 10.1. The van der Waals surface area contributed by atoms with Crippen LogP contribution in [0.2, 0.25) is 0 Å². The molecular weight excluding hydrogens is 312 g/mol. The van der Waals surface area contributed by atoms with Crippen LogP contribution >= 0.6 is 11.3 Å². The number of aryl methyl sites for hydroxylation is 1. The van der Waals surface area contributed by atoms with Crippen molar-refractivity contribution in [2.45, 2.75) is 12.8 Å². The van der Waals surface area contributed by atoms with Crippen molar-refractivity contribution < 1.29 is 4.79 Å². The molecule has 3 rings (SSSR count). The second-order valence-corrected chi connectivity index (χ2v) is 6.00. The van der Waals surface area contributed by atoms with E-state index in [4.69, 9.17) is 5.73 Å². The largest absolute Gasteiger partial charge is 0.375 e. The summed E-state index contributed by atoms with van der Waals surface area (Å²) in [5.41, 5.74) is 6.80. The number of carbonyl (C=O) groups excluding carboxylic acids is 1. The Morgan fingerprint density at radius 1 is 1.30 bits per heavy atom. The fourth-order valence-electron chi connectivity index (χ4n) is 2.40. The summed E-state index contributed by atoms with van der Waals surface area (Å²) in [6.45, 7) is 0.531. The molecule has 0 radical (unpaired) electrons. The highest BCUT2D eigenvalue weighted by atomic mass is 32.1. The zero-order valence-electron chi connectivity index (χ0n) is 12.3. The topological polar surface area (TPSA) is 101 Å². The first kappa shape index (κ1) is 15.2. The minimum Gasteiger partial charge on any atom is -0.375 e. The smallest absolute Gasteiger partial charge is 0.255 e. The second kappa shape index (κ2) is 6.62. The van der Waals surface area contributed by atoms with Crippen molar-refractivity contribution in [2.75, 3.05) is 12.3 Å². The summed E-state index contributed by atoms with van der Waals surface area (Å²) in [4.78, 5) is 30.9. The van der Waals surface area contributed by atoms with Gasteiger partial charge in [0.25, 0.3) is 11.5 Å². The first-order valence-electron chi connectivity index (χ1n) is 7.23. The number of amides is 1. The van der Waals surface area contributed by atoms with Crippen LogP contribution in [0.15, 0.2) is 40.6 Å². The maximum Gasteiger partial charge on any atom is 0.255 e. The molecule has 0 saturated heterocycles. The van der Waals surface area contributed by atoms with E-state index in [0.29, 0.717) is 28.0 Å². The van der Waals surface area contributed by atoms with Gasteiger partial charge in [0.2, 0.25) is 0 Å². The predicted molar refractivity (Wildman–Crippen MR) is 91.7 cm³/mol. The molecule has 118 valence electrons. The van der Waals surface area contributed by atoms with Crippen LogP contribution in [-0.2, 0) is 6.42 Å². The highest BCUT2D eigenvalue weighted by Gasteiger charge is 2.11. The summed E-state index contributed by atoms with van der Waals surface area (Å²) in [5.74, 6) is -0.199. The zero-order chi connectivity index (χ0) is 16.2. The monoisotopic (exact) mass is 328 g/mol. The minimum atomic E-state index is -0.199. The molecule has 2 aromatic heterocycles. The quantitative estimate of drug-likeness (QED) is 0.623. The SMILES string of the molecule is Nc1nc(CCCNC(=O)c2c[nH]c(=O)c3ccccc23)cs1. The van der Waals surface area contributed by atoms with E-state index >= 15 is 0 Å². The molecule has 0 fully saturated rings. The van der Waals surface area contributed by atoms with Crippen LogP contribution in [0.4, 0.5) is 5.13 Å². The molecule has 3 aromatic rings. The predicted octanol–water partition coefficient (Wildman–Crippen LogP) is 1.93. The third kappa shape index (κ3) is 3.40. The molecule has 2 heterocycles. The lowest BCUT2D eigenvalue weighted by Crippen LogP contribution is -2.26. The molecule has 6 nitrogen and oxygen atoms in total. The van der Waals surface area contributed by atoms with Crippen molar-refractivity contribution in [3.8, 4) is 0 Å². The second-order valence-electron chi connectivity index (χ2n) is 5.11. The maximum atomic E-state index is 12.3. The fraction of sp³-hybridized carbons (Fsp3) is 0.188. The van der Waals surface area contributed by atoms with Crippen LogP contribution in [0.1, 0.15) is 22.5 Å². The van der Waals surface area contributed by atoms with Crippen molar-refractivity contribution in [1.29, 1.82) is 0 Å². The Morgan fingerprint density at radius 2 is 2.09 bits per heavy atom. The lowest BCUT2D eigenvalue weighted by molar-refractivity contribution is 0.0954. The van der Waals surface area contributed by atoms with Gasteiger partial charge in [0.15, 0.2) is 5.13 Å². The number of H-pyrrole nitrogens is 1. The van der Waals surface area contributed by atoms with Gasteiger partial charge in [0, 0.05) is 28.9 Å². The first-order valence-corrected chi connectivity index (χ1v) is 8.11. The number of fused-ring (bicyclic) bond motifs is 1. The molecule has 0 aliphatic rings. The summed E-state index contributed by atoms with van der Waals surface area (Å²) in [7, 11) is 0. The van der Waals surface area contributed by atoms with Gasteiger partial charge < -0.3 is 16.0 Å². The van der Waals surface area contributed by atoms with Crippen LogP contribution in [0.25, 0.3) is 10.8 Å². The Labute approximate surface area is 136 Å². The van der Waals surface area contributed by atoms with Gasteiger partial charge in [-0.1, -0.05) is 18.2 Å². The Bertz CT molecular complexity index is 900. The van der Waals surface area contributed by atoms with Crippen molar-refractivity contribution in [1.82, 2.24) is 15.3 Å². The number of benzene rings is 1. The summed E-state index contributed by atoms with van der Waals surface area (Å²) in [6, 6.07) is 7.07. The van der Waals surface area contributed by atoms with E-state index in [1.165, 1.54) is 17.5 Å². The minimum absolute atomic E-state index is 0.196. The number of nitrogens with two attached hydrogens (primary N) is 1. The Balaban J connectivity index is 1.65. The van der Waals surface area contributed by atoms with Crippen LogP contribution in [0, 0.1) is 0 Å². The lowest BCUT2D eigenvalue weighted by Gasteiger charge is -2.07. The van der Waals surface area contributed by atoms with Gasteiger partial charge in [-0.3, -0.25) is 9.59 Å². The van der Waals surface area contributed by atoms with E-state index in [1.807, 2.05) is 11.4 Å². The highest BCUT2D eigenvalue weighted by Crippen LogP contribution is 2.14. The summed E-state index contributed by atoms with van der Waals surface area (Å²) in [5, 5.41) is 6.52. The van der Waals surface area contributed by atoms with Crippen LogP contribution in [0.5, 0.6) is 0 Å². The standard InChI is InChI=1S/C16H16N4O2S/c17-16-20-10(9-23-16)4-3-7-18-15(22)13-8-19-14(21)12-6-2-1-5-11(12)13/h1-2,5-6,8-9H,3-4,7H2,(H2,17,20)(H,18,22)(H,19,21). The van der Waals surface area contributed by atoms with E-state index in [1.54, 1.807) is 18.2 Å². The van der Waals surface area contributed by atoms with Gasteiger partial charge in [0.1, 0.15) is 0 Å². The molecular formula is C16H16N4O2S. The van der Waals surface area contributed by atoms with Gasteiger partial charge in [-0.15, -0.1) is 11.3 Å². The summed E-state index contributed by atoms with van der Waals surface area (Å²) < 4.78 is 0. The molecule has 7 heteroatoms. The van der Waals surface area contributed by atoms with Gasteiger partial charge in [-0.25, -0.2) is 4.98 Å². The van der Waals surface area contributed by atoms with Crippen LogP contribution < -0.4 is 16.6 Å². The number of pyridine rings is 1. The molecule has 1 aromatic carbocycles. The number of nitrogens with zero attached hydrogens (tertiary/aromatic N) is 1. The first-order chi connectivity index (χ1) is 11.1. The fourth-order valence-corrected chi connectivity index (χ4v) is 3.00. The summed E-state index contributed by atoms with van der Waals surface area (Å²) in [6.07, 6.45) is 3.00. The number of aromatic amines is 1. The average Bonchev–Trinajstić information content (AvgIpc) is 2.97. The van der Waals surface area contributed by atoms with Crippen molar-refractivity contribution in [3.05, 3.63) is 57.5 Å². The molecule has 0 atom stereocenters. The van der Waals surface area contributed by atoms with E-state index in [2.05, 4.69) is 15.3 Å². The number of nitrogens with one attached hydrogen (secondary N) is 2. The normalized spacial score (nSPS) is 10.8. The number of nitrogen functional groups attached to an aromatic ring is 1. The molecule has 0 spiro atoms. The van der Waals surface area contributed by atoms with Crippen molar-refractivity contribution >= 4 is 33.1 Å². The Morgan fingerprint density at radius 3 is 2.83 bits per heavy atom. The molecule has 0 bridgehead atoms. The van der Waals surface area contributed by atoms with Gasteiger partial charge in [0.05, 0.1) is 11.3 Å². The number of hydrogen-bond donors (Lipinski definition) is 3. The van der Waals surface area contributed by atoms with Crippen molar-refractivity contribution in [2.24, 2.45) is 0 Å². The number of rotatable bonds is 5. The molecule has 23 heavy (non-hydrogen) atoms. The Hall–Kier alpha value is -2.67. The van der Waals surface area contributed by atoms with Crippen LogP contribution in [-0.4, -0.2) is 22.4 Å². The number of anilines is 1. The maximum absolute atomic E-state index is 12.3. The number of thiazole rings is 1. The van der Waals surface area contributed by atoms with Gasteiger partial charge in [-0.05, 0) is 18.9 Å². The van der Waals surface area contributed by atoms with Crippen molar-refractivity contribution in [3.63, 3.8) is 0 Å².